The van der Waals surface area contributed by atoms with Crippen molar-refractivity contribution >= 4 is 21.4 Å². The topological polar surface area (TPSA) is 58.2 Å². The number of nitrogens with one attached hydrogen (secondary N) is 2. The maximum Gasteiger partial charge on any atom is 0.241 e. The van der Waals surface area contributed by atoms with Gasteiger partial charge in [0.2, 0.25) is 10.0 Å². The van der Waals surface area contributed by atoms with E-state index in [0.29, 0.717) is 23.4 Å². The summed E-state index contributed by atoms with van der Waals surface area (Å²) in [6.07, 6.45) is 1.92. The first-order chi connectivity index (χ1) is 9.76. The highest BCUT2D eigenvalue weighted by molar-refractivity contribution is 7.89. The molecule has 6 heteroatoms. The predicted octanol–water partition coefficient (Wildman–Crippen LogP) is 3.35. The second-order valence-corrected chi connectivity index (χ2v) is 8.70. The lowest BCUT2D eigenvalue weighted by molar-refractivity contribution is 0.445. The molecule has 0 bridgehead atoms. The Morgan fingerprint density at radius 2 is 1.90 bits per heavy atom. The summed E-state index contributed by atoms with van der Waals surface area (Å²) in [4.78, 5) is 1.28. The van der Waals surface area contributed by atoms with Crippen LogP contribution in [0.5, 0.6) is 0 Å². The van der Waals surface area contributed by atoms with Gasteiger partial charge in [0, 0.05) is 23.5 Å². The molecule has 122 valence electrons. The Hall–Kier alpha value is -0.430. The Bertz CT molecular complexity index is 524. The van der Waals surface area contributed by atoms with Crippen LogP contribution in [0.2, 0.25) is 0 Å². The zero-order valence-corrected chi connectivity index (χ0v) is 15.3. The second-order valence-electron chi connectivity index (χ2n) is 6.02. The monoisotopic (exact) mass is 332 g/mol. The minimum Gasteiger partial charge on any atom is -0.310 e. The SMILES string of the molecule is CCC(C)CC(C)NS(=O)(=O)c1ccsc1CNC(C)C. The van der Waals surface area contributed by atoms with Gasteiger partial charge in [0.25, 0.3) is 0 Å². The molecule has 2 atom stereocenters. The molecule has 21 heavy (non-hydrogen) atoms. The molecule has 2 N–H and O–H groups in total. The minimum absolute atomic E-state index is 0.0456. The van der Waals surface area contributed by atoms with Gasteiger partial charge in [-0.3, -0.25) is 0 Å². The van der Waals surface area contributed by atoms with Crippen LogP contribution in [-0.4, -0.2) is 20.5 Å². The van der Waals surface area contributed by atoms with Crippen molar-refractivity contribution in [2.45, 2.75) is 71.0 Å². The Kier molecular flexibility index (Phi) is 7.33. The largest absolute Gasteiger partial charge is 0.310 e. The highest BCUT2D eigenvalue weighted by Gasteiger charge is 2.22. The summed E-state index contributed by atoms with van der Waals surface area (Å²) in [6.45, 7) is 10.9. The van der Waals surface area contributed by atoms with Crippen molar-refractivity contribution in [2.75, 3.05) is 0 Å². The van der Waals surface area contributed by atoms with E-state index in [9.17, 15) is 8.42 Å². The van der Waals surface area contributed by atoms with Crippen LogP contribution in [0.15, 0.2) is 16.3 Å². The van der Waals surface area contributed by atoms with E-state index in [0.717, 1.165) is 17.7 Å². The molecule has 0 spiro atoms. The molecule has 0 aliphatic heterocycles. The van der Waals surface area contributed by atoms with Crippen LogP contribution in [0.3, 0.4) is 0 Å². The Morgan fingerprint density at radius 1 is 1.24 bits per heavy atom. The van der Waals surface area contributed by atoms with Crippen molar-refractivity contribution in [3.8, 4) is 0 Å². The molecule has 0 saturated carbocycles. The van der Waals surface area contributed by atoms with Crippen LogP contribution < -0.4 is 10.0 Å². The maximum atomic E-state index is 12.5. The zero-order valence-electron chi connectivity index (χ0n) is 13.6. The number of sulfonamides is 1. The molecule has 0 aromatic carbocycles. The van der Waals surface area contributed by atoms with Gasteiger partial charge in [-0.25, -0.2) is 13.1 Å². The van der Waals surface area contributed by atoms with Gasteiger partial charge < -0.3 is 5.32 Å². The number of hydrogen-bond donors (Lipinski definition) is 2. The fraction of sp³-hybridized carbons (Fsp3) is 0.733. The molecule has 0 fully saturated rings. The van der Waals surface area contributed by atoms with E-state index < -0.39 is 10.0 Å². The first kappa shape index (κ1) is 18.6. The quantitative estimate of drug-likeness (QED) is 0.729. The zero-order chi connectivity index (χ0) is 16.0. The lowest BCUT2D eigenvalue weighted by Crippen LogP contribution is -2.34. The molecule has 1 aromatic rings. The van der Waals surface area contributed by atoms with E-state index in [1.54, 1.807) is 6.07 Å². The van der Waals surface area contributed by atoms with E-state index >= 15 is 0 Å². The van der Waals surface area contributed by atoms with Gasteiger partial charge in [0.1, 0.15) is 0 Å². The summed E-state index contributed by atoms with van der Waals surface area (Å²) in [7, 11) is -3.43. The van der Waals surface area contributed by atoms with Crippen LogP contribution in [0.25, 0.3) is 0 Å². The number of rotatable bonds is 9. The third-order valence-corrected chi connectivity index (χ3v) is 6.20. The smallest absolute Gasteiger partial charge is 0.241 e. The molecule has 4 nitrogen and oxygen atoms in total. The van der Waals surface area contributed by atoms with Gasteiger partial charge in [-0.15, -0.1) is 11.3 Å². The van der Waals surface area contributed by atoms with Gasteiger partial charge in [-0.1, -0.05) is 34.1 Å². The fourth-order valence-corrected chi connectivity index (χ4v) is 4.79. The molecule has 0 amide bonds. The van der Waals surface area contributed by atoms with Crippen molar-refractivity contribution in [3.05, 3.63) is 16.3 Å². The molecule has 2 unspecified atom stereocenters. The van der Waals surface area contributed by atoms with E-state index in [1.807, 2.05) is 26.2 Å². The van der Waals surface area contributed by atoms with Crippen molar-refractivity contribution in [3.63, 3.8) is 0 Å². The van der Waals surface area contributed by atoms with Gasteiger partial charge >= 0.3 is 0 Å². The van der Waals surface area contributed by atoms with Crippen LogP contribution in [0.4, 0.5) is 0 Å². The first-order valence-electron chi connectivity index (χ1n) is 7.58. The molecule has 0 saturated heterocycles. The van der Waals surface area contributed by atoms with Crippen LogP contribution in [-0.2, 0) is 16.6 Å². The number of hydrogen-bond acceptors (Lipinski definition) is 4. The molecule has 1 heterocycles. The van der Waals surface area contributed by atoms with E-state index in [1.165, 1.54) is 11.3 Å². The van der Waals surface area contributed by atoms with Gasteiger partial charge in [-0.05, 0) is 30.7 Å². The minimum atomic E-state index is -3.43. The van der Waals surface area contributed by atoms with Crippen LogP contribution in [0, 0.1) is 5.92 Å². The molecular formula is C15H28N2O2S2. The molecule has 0 radical (unpaired) electrons. The van der Waals surface area contributed by atoms with Crippen LogP contribution >= 0.6 is 11.3 Å². The molecule has 0 aliphatic carbocycles. The highest BCUT2D eigenvalue weighted by Crippen LogP contribution is 2.23. The predicted molar refractivity (Wildman–Crippen MR) is 90.2 cm³/mol. The second kappa shape index (κ2) is 8.27. The molecular weight excluding hydrogens is 304 g/mol. The van der Waals surface area contributed by atoms with Crippen molar-refractivity contribution in [1.82, 2.24) is 10.0 Å². The van der Waals surface area contributed by atoms with E-state index in [4.69, 9.17) is 0 Å². The Balaban J connectivity index is 2.76. The summed E-state index contributed by atoms with van der Waals surface area (Å²) in [5.41, 5.74) is 0. The Morgan fingerprint density at radius 3 is 2.48 bits per heavy atom. The average Bonchev–Trinajstić information content (AvgIpc) is 2.84. The van der Waals surface area contributed by atoms with Crippen LogP contribution in [0.1, 0.15) is 52.3 Å². The lowest BCUT2D eigenvalue weighted by atomic mass is 10.0. The number of thiophene rings is 1. The summed E-state index contributed by atoms with van der Waals surface area (Å²) in [5, 5.41) is 5.11. The standard InChI is InChI=1S/C15H28N2O2S2/c1-6-12(4)9-13(5)17-21(18,19)15-7-8-20-14(15)10-16-11(2)3/h7-8,11-13,16-17H,6,9-10H2,1-5H3. The van der Waals surface area contributed by atoms with Gasteiger partial charge in [0.15, 0.2) is 0 Å². The first-order valence-corrected chi connectivity index (χ1v) is 9.94. The Labute approximate surface area is 133 Å². The molecule has 1 aromatic heterocycles. The average molecular weight is 333 g/mol. The van der Waals surface area contributed by atoms with E-state index in [-0.39, 0.29) is 6.04 Å². The van der Waals surface area contributed by atoms with Crippen molar-refractivity contribution < 1.29 is 8.42 Å². The third kappa shape index (κ3) is 6.06. The summed E-state index contributed by atoms with van der Waals surface area (Å²) in [6, 6.07) is 1.98. The summed E-state index contributed by atoms with van der Waals surface area (Å²) in [5.74, 6) is 0.521. The fourth-order valence-electron chi connectivity index (χ4n) is 2.14. The van der Waals surface area contributed by atoms with E-state index in [2.05, 4.69) is 23.9 Å². The summed E-state index contributed by atoms with van der Waals surface area (Å²) >= 11 is 1.48. The van der Waals surface area contributed by atoms with Gasteiger partial charge in [0.05, 0.1) is 4.90 Å². The van der Waals surface area contributed by atoms with Gasteiger partial charge in [-0.2, -0.15) is 0 Å². The molecule has 0 aliphatic rings. The lowest BCUT2D eigenvalue weighted by Gasteiger charge is -2.18. The highest BCUT2D eigenvalue weighted by atomic mass is 32.2. The maximum absolute atomic E-state index is 12.5. The van der Waals surface area contributed by atoms with Crippen molar-refractivity contribution in [2.24, 2.45) is 5.92 Å². The normalized spacial score (nSPS) is 15.3. The third-order valence-electron chi connectivity index (χ3n) is 3.47. The van der Waals surface area contributed by atoms with Crippen molar-refractivity contribution in [1.29, 1.82) is 0 Å². The molecule has 1 rings (SSSR count). The summed E-state index contributed by atoms with van der Waals surface area (Å²) < 4.78 is 27.8.